The molecule has 262 valence electrons. The third kappa shape index (κ3) is 5.25. The quantitative estimate of drug-likeness (QED) is 0.153. The number of pyridine rings is 1. The average molecular weight is 714 g/mol. The van der Waals surface area contributed by atoms with E-state index in [-0.39, 0.29) is 0 Å². The highest BCUT2D eigenvalue weighted by Gasteiger charge is 2.18. The Balaban J connectivity index is 0.993. The van der Waals surface area contributed by atoms with Crippen molar-refractivity contribution in [3.8, 4) is 44.8 Å². The van der Waals surface area contributed by atoms with Crippen LogP contribution < -0.4 is 4.90 Å². The summed E-state index contributed by atoms with van der Waals surface area (Å²) in [6, 6.07) is 74.1. The molecule has 0 saturated heterocycles. The first-order valence-corrected chi connectivity index (χ1v) is 19.1. The zero-order chi connectivity index (χ0) is 37.0. The maximum Gasteiger partial charge on any atom is 0.137 e. The van der Waals surface area contributed by atoms with Crippen molar-refractivity contribution in [1.82, 2.24) is 9.38 Å². The first-order chi connectivity index (χ1) is 27.8. The van der Waals surface area contributed by atoms with E-state index in [1.54, 1.807) is 0 Å². The first-order valence-electron chi connectivity index (χ1n) is 19.1. The van der Waals surface area contributed by atoms with Gasteiger partial charge < -0.3 is 4.90 Å². The number of nitrogens with zero attached hydrogens (tertiary/aromatic N) is 3. The number of aromatic nitrogens is 2. The van der Waals surface area contributed by atoms with E-state index in [9.17, 15) is 0 Å². The highest BCUT2D eigenvalue weighted by Crippen LogP contribution is 2.44. The number of fused-ring (bicyclic) bond motifs is 1. The highest BCUT2D eigenvalue weighted by molar-refractivity contribution is 6.27. The molecule has 0 unspecified atom stereocenters. The van der Waals surface area contributed by atoms with Gasteiger partial charge in [-0.1, -0.05) is 158 Å². The molecule has 56 heavy (non-hydrogen) atoms. The molecule has 9 aromatic carbocycles. The van der Waals surface area contributed by atoms with E-state index in [4.69, 9.17) is 4.98 Å². The van der Waals surface area contributed by atoms with E-state index < -0.39 is 0 Å². The van der Waals surface area contributed by atoms with Crippen LogP contribution in [0.5, 0.6) is 0 Å². The molecule has 0 amide bonds. The molecule has 0 atom stereocenters. The van der Waals surface area contributed by atoms with Gasteiger partial charge in [-0.15, -0.1) is 0 Å². The number of rotatable bonds is 7. The fourth-order valence-electron chi connectivity index (χ4n) is 8.57. The van der Waals surface area contributed by atoms with Gasteiger partial charge in [-0.05, 0) is 103 Å². The van der Waals surface area contributed by atoms with Crippen LogP contribution in [0, 0.1) is 0 Å². The van der Waals surface area contributed by atoms with Gasteiger partial charge in [-0.2, -0.15) is 0 Å². The highest BCUT2D eigenvalue weighted by atomic mass is 15.1. The van der Waals surface area contributed by atoms with Gasteiger partial charge in [0, 0.05) is 34.4 Å². The molecule has 0 aliphatic heterocycles. The number of imidazole rings is 1. The maximum atomic E-state index is 5.10. The first kappa shape index (κ1) is 32.0. The Morgan fingerprint density at radius 2 is 0.821 bits per heavy atom. The molecule has 3 heteroatoms. The molecule has 2 aromatic heterocycles. The summed E-state index contributed by atoms with van der Waals surface area (Å²) in [4.78, 5) is 7.41. The molecule has 0 fully saturated rings. The topological polar surface area (TPSA) is 20.5 Å². The van der Waals surface area contributed by atoms with E-state index in [0.717, 1.165) is 45.2 Å². The largest absolute Gasteiger partial charge is 0.311 e. The minimum atomic E-state index is 0.939. The molecule has 3 nitrogen and oxygen atoms in total. The summed E-state index contributed by atoms with van der Waals surface area (Å²) in [5.74, 6) is 0. The number of anilines is 3. The van der Waals surface area contributed by atoms with Gasteiger partial charge in [0.25, 0.3) is 0 Å². The summed E-state index contributed by atoms with van der Waals surface area (Å²) >= 11 is 0. The summed E-state index contributed by atoms with van der Waals surface area (Å²) in [6.07, 6.45) is 2.10. The van der Waals surface area contributed by atoms with Crippen molar-refractivity contribution in [3.63, 3.8) is 0 Å². The molecule has 11 aromatic rings. The summed E-state index contributed by atoms with van der Waals surface area (Å²) in [7, 11) is 0. The Labute approximate surface area is 325 Å². The van der Waals surface area contributed by atoms with Crippen molar-refractivity contribution in [2.24, 2.45) is 0 Å². The standard InChI is InChI=1S/C53H35N3/c1-4-12-41(13-5-1)53-52(54-49-18-10-11-35-55(49)53)40-21-19-36(20-22-40)45-31-25-38-28-34-48-46(32-26-39-27-33-47(45)50(38)51(39)48)37-23-29-44(30-24-37)56(42-14-6-2-7-15-42)43-16-8-3-9-17-43/h1-35H. The normalized spacial score (nSPS) is 11.6. The summed E-state index contributed by atoms with van der Waals surface area (Å²) in [5.41, 5.74) is 13.5. The maximum absolute atomic E-state index is 5.10. The van der Waals surface area contributed by atoms with E-state index in [1.165, 1.54) is 54.6 Å². The Kier molecular flexibility index (Phi) is 7.49. The Morgan fingerprint density at radius 3 is 1.39 bits per heavy atom. The molecule has 0 aliphatic rings. The van der Waals surface area contributed by atoms with Gasteiger partial charge >= 0.3 is 0 Å². The molecule has 0 N–H and O–H groups in total. The van der Waals surface area contributed by atoms with Crippen molar-refractivity contribution < 1.29 is 0 Å². The van der Waals surface area contributed by atoms with Crippen LogP contribution in [0.4, 0.5) is 17.1 Å². The van der Waals surface area contributed by atoms with Crippen LogP contribution >= 0.6 is 0 Å². The van der Waals surface area contributed by atoms with E-state index >= 15 is 0 Å². The molecule has 0 radical (unpaired) electrons. The summed E-state index contributed by atoms with van der Waals surface area (Å²) in [6.45, 7) is 0. The van der Waals surface area contributed by atoms with Crippen LogP contribution in [0.15, 0.2) is 212 Å². The minimum Gasteiger partial charge on any atom is -0.311 e. The molecule has 2 heterocycles. The van der Waals surface area contributed by atoms with Crippen molar-refractivity contribution in [1.29, 1.82) is 0 Å². The molecule has 11 rings (SSSR count). The van der Waals surface area contributed by atoms with Gasteiger partial charge in [0.15, 0.2) is 0 Å². The van der Waals surface area contributed by atoms with Gasteiger partial charge in [0.05, 0.1) is 11.4 Å². The second-order valence-corrected chi connectivity index (χ2v) is 14.4. The number of para-hydroxylation sites is 2. The predicted octanol–water partition coefficient (Wildman–Crippen LogP) is 14.4. The lowest BCUT2D eigenvalue weighted by molar-refractivity contribution is 1.19. The second kappa shape index (κ2) is 13.1. The predicted molar refractivity (Wildman–Crippen MR) is 235 cm³/mol. The van der Waals surface area contributed by atoms with Crippen molar-refractivity contribution in [2.45, 2.75) is 0 Å². The molecule has 0 spiro atoms. The van der Waals surface area contributed by atoms with Crippen LogP contribution in [0.1, 0.15) is 0 Å². The van der Waals surface area contributed by atoms with Crippen LogP contribution in [-0.4, -0.2) is 9.38 Å². The Bertz CT molecular complexity index is 3110. The average Bonchev–Trinajstić information content (AvgIpc) is 3.67. The monoisotopic (exact) mass is 713 g/mol. The van der Waals surface area contributed by atoms with Crippen LogP contribution in [-0.2, 0) is 0 Å². The molecule has 0 aliphatic carbocycles. The number of hydrogen-bond donors (Lipinski definition) is 0. The lowest BCUT2D eigenvalue weighted by Crippen LogP contribution is -2.09. The van der Waals surface area contributed by atoms with Crippen molar-refractivity contribution >= 4 is 55.0 Å². The number of benzene rings is 9. The van der Waals surface area contributed by atoms with Crippen molar-refractivity contribution in [3.05, 3.63) is 212 Å². The smallest absolute Gasteiger partial charge is 0.137 e. The van der Waals surface area contributed by atoms with Gasteiger partial charge in [0.1, 0.15) is 5.65 Å². The Morgan fingerprint density at radius 1 is 0.357 bits per heavy atom. The van der Waals surface area contributed by atoms with E-state index in [1.807, 2.05) is 6.07 Å². The molecular weight excluding hydrogens is 679 g/mol. The van der Waals surface area contributed by atoms with Crippen LogP contribution in [0.3, 0.4) is 0 Å². The number of hydrogen-bond acceptors (Lipinski definition) is 2. The van der Waals surface area contributed by atoms with Crippen LogP contribution in [0.2, 0.25) is 0 Å². The Hall–Kier alpha value is -7.49. The lowest BCUT2D eigenvalue weighted by Gasteiger charge is -2.25. The third-order valence-corrected chi connectivity index (χ3v) is 11.2. The van der Waals surface area contributed by atoms with Gasteiger partial charge in [-0.25, -0.2) is 4.98 Å². The van der Waals surface area contributed by atoms with Gasteiger partial charge in [0.2, 0.25) is 0 Å². The van der Waals surface area contributed by atoms with E-state index in [2.05, 4.69) is 216 Å². The SMILES string of the molecule is c1ccc(-c2c(-c3ccc(-c4ccc5ccc6c(-c7ccc(N(c8ccccc8)c8ccccc8)cc7)ccc7ccc4c5c76)cc3)nc3ccccn23)cc1. The molecule has 0 saturated carbocycles. The fraction of sp³-hybridized carbons (Fsp3) is 0. The van der Waals surface area contributed by atoms with Crippen molar-refractivity contribution in [2.75, 3.05) is 4.90 Å². The van der Waals surface area contributed by atoms with Gasteiger partial charge in [-0.3, -0.25) is 4.40 Å². The third-order valence-electron chi connectivity index (χ3n) is 11.2. The zero-order valence-corrected chi connectivity index (χ0v) is 30.5. The zero-order valence-electron chi connectivity index (χ0n) is 30.5. The molecular formula is C53H35N3. The summed E-state index contributed by atoms with van der Waals surface area (Å²) in [5, 5.41) is 7.66. The van der Waals surface area contributed by atoms with E-state index in [0.29, 0.717) is 0 Å². The summed E-state index contributed by atoms with van der Waals surface area (Å²) < 4.78 is 2.19. The molecule has 0 bridgehead atoms. The second-order valence-electron chi connectivity index (χ2n) is 14.4. The van der Waals surface area contributed by atoms with Crippen LogP contribution in [0.25, 0.3) is 82.7 Å². The lowest BCUT2D eigenvalue weighted by atomic mass is 9.87. The minimum absolute atomic E-state index is 0.939. The fourth-order valence-corrected chi connectivity index (χ4v) is 8.57.